The summed E-state index contributed by atoms with van der Waals surface area (Å²) in [4.78, 5) is 28.0. The highest BCUT2D eigenvalue weighted by atomic mass is 16.5. The summed E-state index contributed by atoms with van der Waals surface area (Å²) >= 11 is 0. The van der Waals surface area contributed by atoms with Crippen molar-refractivity contribution in [3.63, 3.8) is 0 Å². The summed E-state index contributed by atoms with van der Waals surface area (Å²) in [6.07, 6.45) is 0. The normalized spacial score (nSPS) is 7.72. The van der Waals surface area contributed by atoms with Crippen LogP contribution in [-0.2, 0) is 9.59 Å². The molecule has 0 unspecified atom stereocenters. The quantitative estimate of drug-likeness (QED) is 0.470. The van der Waals surface area contributed by atoms with Gasteiger partial charge in [-0.25, -0.2) is 0 Å². The Kier molecular flexibility index (Phi) is 11.0. The number of para-hydroxylation sites is 1. The van der Waals surface area contributed by atoms with Gasteiger partial charge in [-0.15, -0.1) is 4.91 Å². The number of benzene rings is 1. The van der Waals surface area contributed by atoms with Gasteiger partial charge < -0.3 is 10.2 Å². The monoisotopic (exact) mass is 258 g/mol. The van der Waals surface area contributed by atoms with Gasteiger partial charge in [-0.1, -0.05) is 12.1 Å². The second kappa shape index (κ2) is 11.0. The van der Waals surface area contributed by atoms with Gasteiger partial charge in [-0.05, 0) is 17.3 Å². The molecule has 100 valence electrons. The van der Waals surface area contributed by atoms with E-state index in [1.54, 1.807) is 18.2 Å². The van der Waals surface area contributed by atoms with Gasteiger partial charge in [-0.2, -0.15) is 0 Å². The zero-order valence-electron chi connectivity index (χ0n) is 9.82. The Balaban J connectivity index is 0. The average molecular weight is 258 g/mol. The van der Waals surface area contributed by atoms with Crippen molar-refractivity contribution in [2.24, 2.45) is 5.18 Å². The number of rotatable bonds is 2. The summed E-state index contributed by atoms with van der Waals surface area (Å²) in [5.74, 6) is -1.67. The Hall–Kier alpha value is -2.48. The molecule has 0 spiro atoms. The molecule has 18 heavy (non-hydrogen) atoms. The van der Waals surface area contributed by atoms with Crippen molar-refractivity contribution < 1.29 is 25.0 Å². The van der Waals surface area contributed by atoms with Crippen molar-refractivity contribution in [3.8, 4) is 0 Å². The first-order valence-corrected chi connectivity index (χ1v) is 4.56. The molecule has 0 saturated carbocycles. The van der Waals surface area contributed by atoms with Crippen LogP contribution in [-0.4, -0.2) is 27.4 Å². The number of carboxylic acids is 2. The van der Waals surface area contributed by atoms with E-state index in [-0.39, 0.29) is 5.69 Å². The Bertz CT molecular complexity index is 374. The van der Waals surface area contributed by atoms with Gasteiger partial charge >= 0.3 is 0 Å². The fourth-order valence-corrected chi connectivity index (χ4v) is 0.648. The van der Waals surface area contributed by atoms with Crippen LogP contribution in [0.5, 0.6) is 0 Å². The number of aliphatic carboxylic acids is 2. The van der Waals surface area contributed by atoms with Gasteiger partial charge in [0.05, 0.1) is 5.69 Å². The highest BCUT2D eigenvalue weighted by Crippen LogP contribution is 2.22. The Morgan fingerprint density at radius 3 is 1.78 bits per heavy atom. The fraction of sp³-hybridized carbons (Fsp3) is 0.200. The largest absolute Gasteiger partial charge is 0.481 e. The number of carboxylic acid groups (broad SMARTS) is 2. The van der Waals surface area contributed by atoms with Gasteiger partial charge in [0.1, 0.15) is 5.69 Å². The average Bonchev–Trinajstić information content (AvgIpc) is 2.27. The van der Waals surface area contributed by atoms with Crippen LogP contribution in [0.1, 0.15) is 13.8 Å². The maximum atomic E-state index is 9.99. The van der Waals surface area contributed by atoms with Crippen LogP contribution in [0.3, 0.4) is 0 Å². The van der Waals surface area contributed by atoms with Crippen molar-refractivity contribution in [1.82, 2.24) is 0 Å². The lowest BCUT2D eigenvalue weighted by Crippen LogP contribution is -1.87. The van der Waals surface area contributed by atoms with E-state index in [4.69, 9.17) is 25.0 Å². The Labute approximate surface area is 103 Å². The maximum absolute atomic E-state index is 9.99. The molecule has 0 aliphatic heterocycles. The Morgan fingerprint density at radius 1 is 1.11 bits per heavy atom. The molecule has 0 aromatic heterocycles. The van der Waals surface area contributed by atoms with Gasteiger partial charge in [0.15, 0.2) is 0 Å². The van der Waals surface area contributed by atoms with Crippen molar-refractivity contribution in [3.05, 3.63) is 29.2 Å². The zero-order valence-corrected chi connectivity index (χ0v) is 9.82. The molecule has 1 aromatic rings. The van der Waals surface area contributed by atoms with Crippen LogP contribution in [0.2, 0.25) is 0 Å². The van der Waals surface area contributed by atoms with Crippen LogP contribution in [0, 0.1) is 4.91 Å². The molecular formula is C10H14N2O6. The summed E-state index contributed by atoms with van der Waals surface area (Å²) in [5.41, 5.74) is 2.37. The second-order valence-electron chi connectivity index (χ2n) is 2.76. The smallest absolute Gasteiger partial charge is 0.300 e. The van der Waals surface area contributed by atoms with E-state index in [2.05, 4.69) is 5.18 Å². The topological polar surface area (TPSA) is 136 Å². The summed E-state index contributed by atoms with van der Waals surface area (Å²) in [7, 11) is 0. The molecular weight excluding hydrogens is 244 g/mol. The number of hydrogen-bond acceptors (Lipinski definition) is 6. The van der Waals surface area contributed by atoms with Crippen LogP contribution in [0.15, 0.2) is 29.4 Å². The lowest BCUT2D eigenvalue weighted by Gasteiger charge is -1.97. The summed E-state index contributed by atoms with van der Waals surface area (Å²) in [6.45, 7) is 2.17. The predicted molar refractivity (Wildman–Crippen MR) is 63.9 cm³/mol. The van der Waals surface area contributed by atoms with Gasteiger partial charge in [0, 0.05) is 13.8 Å². The number of nitrogens with one attached hydrogen (secondary N) is 1. The molecule has 0 aliphatic carbocycles. The minimum atomic E-state index is -0.833. The van der Waals surface area contributed by atoms with E-state index in [0.29, 0.717) is 5.69 Å². The highest BCUT2D eigenvalue weighted by molar-refractivity contribution is 5.63. The van der Waals surface area contributed by atoms with E-state index >= 15 is 0 Å². The molecule has 1 rings (SSSR count). The van der Waals surface area contributed by atoms with Gasteiger partial charge in [0.2, 0.25) is 0 Å². The number of nitroso groups, excluding NO2 is 1. The highest BCUT2D eigenvalue weighted by Gasteiger charge is 1.96. The standard InChI is InChI=1S/C6H6N2O2.2C2H4O2/c9-7-5-3-1-2-4-6(5)8-10;2*1-2(3)4/h1-4,7,9H;2*1H3,(H,3,4). The van der Waals surface area contributed by atoms with Crippen molar-refractivity contribution in [1.29, 1.82) is 0 Å². The Morgan fingerprint density at radius 2 is 1.50 bits per heavy atom. The number of carbonyl (C=O) groups is 2. The molecule has 8 nitrogen and oxygen atoms in total. The second-order valence-corrected chi connectivity index (χ2v) is 2.76. The molecule has 0 saturated heterocycles. The third-order valence-electron chi connectivity index (χ3n) is 1.12. The molecule has 0 aliphatic rings. The summed E-state index contributed by atoms with van der Waals surface area (Å²) in [5, 5.41) is 25.9. The van der Waals surface area contributed by atoms with E-state index in [1.807, 2.05) is 5.48 Å². The molecule has 0 radical (unpaired) electrons. The number of anilines is 1. The summed E-state index contributed by atoms with van der Waals surface area (Å²) < 4.78 is 0. The minimum Gasteiger partial charge on any atom is -0.481 e. The van der Waals surface area contributed by atoms with Gasteiger partial charge in [-0.3, -0.25) is 20.3 Å². The lowest BCUT2D eigenvalue weighted by molar-refractivity contribution is -0.135. The number of nitrogens with zero attached hydrogens (tertiary/aromatic N) is 1. The molecule has 1 aromatic carbocycles. The molecule has 0 bridgehead atoms. The number of hydrogen-bond donors (Lipinski definition) is 4. The third kappa shape index (κ3) is 13.5. The fourth-order valence-electron chi connectivity index (χ4n) is 0.648. The first-order chi connectivity index (χ1) is 8.34. The summed E-state index contributed by atoms with van der Waals surface area (Å²) in [6, 6.07) is 6.41. The van der Waals surface area contributed by atoms with E-state index < -0.39 is 11.9 Å². The first-order valence-electron chi connectivity index (χ1n) is 4.56. The van der Waals surface area contributed by atoms with Gasteiger partial charge in [0.25, 0.3) is 11.9 Å². The molecule has 8 heteroatoms. The SMILES string of the molecule is CC(=O)O.CC(=O)O.O=Nc1ccccc1NO. The van der Waals surface area contributed by atoms with Crippen LogP contribution in [0.25, 0.3) is 0 Å². The van der Waals surface area contributed by atoms with E-state index in [9.17, 15) is 4.91 Å². The lowest BCUT2D eigenvalue weighted by atomic mass is 10.3. The van der Waals surface area contributed by atoms with Crippen molar-refractivity contribution in [2.75, 3.05) is 5.48 Å². The molecule has 0 amide bonds. The van der Waals surface area contributed by atoms with Crippen molar-refractivity contribution >= 4 is 23.3 Å². The molecule has 4 N–H and O–H groups in total. The third-order valence-corrected chi connectivity index (χ3v) is 1.12. The zero-order chi connectivity index (χ0) is 14.6. The molecule has 0 atom stereocenters. The van der Waals surface area contributed by atoms with E-state index in [0.717, 1.165) is 13.8 Å². The van der Waals surface area contributed by atoms with Crippen molar-refractivity contribution in [2.45, 2.75) is 13.8 Å². The maximum Gasteiger partial charge on any atom is 0.300 e. The molecule has 0 heterocycles. The predicted octanol–water partition coefficient (Wildman–Crippen LogP) is 2.07. The van der Waals surface area contributed by atoms with Crippen LogP contribution < -0.4 is 5.48 Å². The minimum absolute atomic E-state index is 0.199. The van der Waals surface area contributed by atoms with Crippen LogP contribution >= 0.6 is 0 Å². The molecule has 0 fully saturated rings. The first kappa shape index (κ1) is 17.9. The van der Waals surface area contributed by atoms with Crippen LogP contribution in [0.4, 0.5) is 11.4 Å². The van der Waals surface area contributed by atoms with E-state index in [1.165, 1.54) is 6.07 Å².